The maximum atomic E-state index is 13.4. The molecule has 0 saturated heterocycles. The molecule has 1 amide bonds. The van der Waals surface area contributed by atoms with Crippen LogP contribution in [0.4, 0.5) is 0 Å². The van der Waals surface area contributed by atoms with Crippen LogP contribution in [0.15, 0.2) is 96.4 Å². The summed E-state index contributed by atoms with van der Waals surface area (Å²) >= 11 is 1.51. The summed E-state index contributed by atoms with van der Waals surface area (Å²) in [6, 6.07) is 30.2. The highest BCUT2D eigenvalue weighted by Gasteiger charge is 2.18. The first kappa shape index (κ1) is 36.2. The van der Waals surface area contributed by atoms with Crippen molar-refractivity contribution in [1.82, 2.24) is 14.8 Å². The Morgan fingerprint density at radius 1 is 0.660 bits per heavy atom. The van der Waals surface area contributed by atoms with Gasteiger partial charge in [0.05, 0.1) is 35.0 Å². The largest absolute Gasteiger partial charge is 0.493 e. The molecule has 0 radical (unpaired) electrons. The molecule has 1 aromatic heterocycles. The van der Waals surface area contributed by atoms with Crippen molar-refractivity contribution in [2.75, 3.05) is 48.6 Å². The van der Waals surface area contributed by atoms with E-state index in [4.69, 9.17) is 28.7 Å². The second-order valence-electron chi connectivity index (χ2n) is 11.9. The van der Waals surface area contributed by atoms with E-state index < -0.39 is 0 Å². The third-order valence-corrected chi connectivity index (χ3v) is 9.24. The fourth-order valence-corrected chi connectivity index (χ4v) is 6.34. The van der Waals surface area contributed by atoms with E-state index in [2.05, 4.69) is 35.2 Å². The summed E-state index contributed by atoms with van der Waals surface area (Å²) in [5, 5.41) is 2.74. The average molecular weight is 696 g/mol. The number of benzene rings is 4. The number of rotatable bonds is 18. The molecule has 5 aromatic rings. The van der Waals surface area contributed by atoms with Crippen LogP contribution in [-0.2, 0) is 32.5 Å². The van der Waals surface area contributed by atoms with Crippen LogP contribution in [0.25, 0.3) is 0 Å². The molecule has 262 valence electrons. The molecule has 0 unspecified atom stereocenters. The topological polar surface area (TPSA) is 82.6 Å². The Kier molecular flexibility index (Phi) is 13.1. The Hall–Kier alpha value is -5.06. The zero-order valence-electron chi connectivity index (χ0n) is 29.4. The lowest BCUT2D eigenvalue weighted by molar-refractivity contribution is 0.0791. The highest BCUT2D eigenvalue weighted by molar-refractivity contribution is 7.09. The van der Waals surface area contributed by atoms with Crippen LogP contribution in [0.1, 0.15) is 37.7 Å². The smallest absolute Gasteiger partial charge is 0.273 e. The molecule has 9 nitrogen and oxygen atoms in total. The van der Waals surface area contributed by atoms with Crippen molar-refractivity contribution in [3.63, 3.8) is 0 Å². The number of hydrogen-bond acceptors (Lipinski definition) is 9. The van der Waals surface area contributed by atoms with E-state index in [9.17, 15) is 4.79 Å². The maximum Gasteiger partial charge on any atom is 0.273 e. The summed E-state index contributed by atoms with van der Waals surface area (Å²) in [5.74, 6) is 3.49. The monoisotopic (exact) mass is 695 g/mol. The lowest BCUT2D eigenvalue weighted by Gasteiger charge is -2.22. The summed E-state index contributed by atoms with van der Waals surface area (Å²) in [6.07, 6.45) is 1.48. The molecule has 0 bridgehead atoms. The van der Waals surface area contributed by atoms with Crippen LogP contribution in [0.5, 0.6) is 28.7 Å². The molecular weight excluding hydrogens is 651 g/mol. The van der Waals surface area contributed by atoms with Gasteiger partial charge in [0.1, 0.15) is 23.1 Å². The molecule has 50 heavy (non-hydrogen) atoms. The third kappa shape index (κ3) is 9.99. The molecule has 0 saturated carbocycles. The highest BCUT2D eigenvalue weighted by atomic mass is 32.1. The minimum Gasteiger partial charge on any atom is -0.493 e. The molecule has 0 aliphatic carbocycles. The number of ether oxygens (including phenoxy) is 5. The van der Waals surface area contributed by atoms with E-state index in [1.54, 1.807) is 33.3 Å². The minimum absolute atomic E-state index is 0.101. The molecule has 0 spiro atoms. The van der Waals surface area contributed by atoms with Gasteiger partial charge >= 0.3 is 0 Å². The van der Waals surface area contributed by atoms with Gasteiger partial charge in [0.2, 0.25) is 0 Å². The van der Waals surface area contributed by atoms with E-state index in [0.717, 1.165) is 46.0 Å². The Morgan fingerprint density at radius 2 is 1.24 bits per heavy atom. The average Bonchev–Trinajstić information content (AvgIpc) is 3.63. The van der Waals surface area contributed by atoms with Crippen LogP contribution in [0.2, 0.25) is 0 Å². The lowest BCUT2D eigenvalue weighted by atomic mass is 10.1. The van der Waals surface area contributed by atoms with Crippen molar-refractivity contribution in [2.24, 2.45) is 0 Å². The van der Waals surface area contributed by atoms with Gasteiger partial charge in [-0.1, -0.05) is 54.6 Å². The van der Waals surface area contributed by atoms with E-state index in [1.165, 1.54) is 11.3 Å². The summed E-state index contributed by atoms with van der Waals surface area (Å²) in [6.45, 7) is 3.15. The lowest BCUT2D eigenvalue weighted by Crippen LogP contribution is -2.29. The molecule has 4 aromatic carbocycles. The molecule has 0 atom stereocenters. The van der Waals surface area contributed by atoms with Crippen LogP contribution in [-0.4, -0.2) is 69.3 Å². The summed E-state index contributed by atoms with van der Waals surface area (Å²) in [7, 11) is 8.33. The number of carbonyl (C=O) groups excluding carboxylic acids is 1. The van der Waals surface area contributed by atoms with Gasteiger partial charge in [0, 0.05) is 32.1 Å². The van der Waals surface area contributed by atoms with Gasteiger partial charge in [0.25, 0.3) is 5.91 Å². The predicted molar refractivity (Wildman–Crippen MR) is 197 cm³/mol. The first-order valence-electron chi connectivity index (χ1n) is 16.5. The van der Waals surface area contributed by atoms with Crippen molar-refractivity contribution in [3.05, 3.63) is 129 Å². The normalized spacial score (nSPS) is 10.9. The fraction of sp³-hybridized carbons (Fsp3) is 0.300. The number of amides is 1. The zero-order chi connectivity index (χ0) is 35.3. The molecular formula is C40H45N3O6S. The van der Waals surface area contributed by atoms with Crippen molar-refractivity contribution < 1.29 is 28.5 Å². The quantitative estimate of drug-likeness (QED) is 0.0944. The highest BCUT2D eigenvalue weighted by Crippen LogP contribution is 2.29. The second-order valence-corrected chi connectivity index (χ2v) is 12.8. The maximum absolute atomic E-state index is 13.4. The zero-order valence-corrected chi connectivity index (χ0v) is 30.2. The number of nitrogens with zero attached hydrogens (tertiary/aromatic N) is 3. The van der Waals surface area contributed by atoms with Crippen LogP contribution in [0, 0.1) is 0 Å². The van der Waals surface area contributed by atoms with E-state index in [-0.39, 0.29) is 5.91 Å². The summed E-state index contributed by atoms with van der Waals surface area (Å²) in [5.41, 5.74) is 4.95. The van der Waals surface area contributed by atoms with E-state index in [1.807, 2.05) is 73.1 Å². The molecule has 0 aliphatic heterocycles. The first-order valence-corrected chi connectivity index (χ1v) is 17.4. The van der Waals surface area contributed by atoms with Gasteiger partial charge in [-0.15, -0.1) is 11.3 Å². The number of likely N-dealkylation sites (N-methyl/N-ethyl adjacent to an activating group) is 1. The molecule has 5 rings (SSSR count). The van der Waals surface area contributed by atoms with Crippen molar-refractivity contribution in [1.29, 1.82) is 0 Å². The van der Waals surface area contributed by atoms with Crippen molar-refractivity contribution >= 4 is 17.2 Å². The van der Waals surface area contributed by atoms with E-state index in [0.29, 0.717) is 61.4 Å². The van der Waals surface area contributed by atoms with Crippen LogP contribution < -0.4 is 23.7 Å². The van der Waals surface area contributed by atoms with Crippen LogP contribution in [0.3, 0.4) is 0 Å². The summed E-state index contributed by atoms with van der Waals surface area (Å²) in [4.78, 5) is 22.2. The SMILES string of the molecule is COc1ccc(CCN(Cc2ccc(OCc3ccccc3)cc2)Cc2nc(C(=O)N(C)CCc3ccc(OC)c(OC)c3)cs2)cc1OC. The molecule has 1 heterocycles. The Balaban J connectivity index is 1.24. The molecule has 0 N–H and O–H groups in total. The van der Waals surface area contributed by atoms with E-state index >= 15 is 0 Å². The second kappa shape index (κ2) is 18.1. The number of methoxy groups -OCH3 is 4. The van der Waals surface area contributed by atoms with Gasteiger partial charge in [-0.3, -0.25) is 9.69 Å². The predicted octanol–water partition coefficient (Wildman–Crippen LogP) is 7.32. The van der Waals surface area contributed by atoms with Gasteiger partial charge in [-0.05, 0) is 71.5 Å². The van der Waals surface area contributed by atoms with Crippen molar-refractivity contribution in [3.8, 4) is 28.7 Å². The Bertz CT molecular complexity index is 1810. The Labute approximate surface area is 299 Å². The standard InChI is InChI=1S/C40H45N3O6S/c1-42(21-19-29-13-17-35(45-2)37(23-29)47-4)40(44)34-28-50-39(41-34)26-43(22-20-30-14-18-36(46-3)38(24-30)48-5)25-31-11-15-33(16-12-31)49-27-32-9-7-6-8-10-32/h6-18,23-24,28H,19-22,25-27H2,1-5H3. The summed E-state index contributed by atoms with van der Waals surface area (Å²) < 4.78 is 27.7. The first-order chi connectivity index (χ1) is 24.4. The van der Waals surface area contributed by atoms with Gasteiger partial charge in [-0.2, -0.15) is 0 Å². The van der Waals surface area contributed by atoms with Gasteiger partial charge < -0.3 is 28.6 Å². The van der Waals surface area contributed by atoms with Gasteiger partial charge in [0.15, 0.2) is 23.0 Å². The fourth-order valence-electron chi connectivity index (χ4n) is 5.53. The molecule has 10 heteroatoms. The van der Waals surface area contributed by atoms with Crippen LogP contribution >= 0.6 is 11.3 Å². The minimum atomic E-state index is -0.101. The van der Waals surface area contributed by atoms with Crippen molar-refractivity contribution in [2.45, 2.75) is 32.5 Å². The third-order valence-electron chi connectivity index (χ3n) is 8.40. The number of thiazole rings is 1. The molecule has 0 fully saturated rings. The Morgan fingerprint density at radius 3 is 1.84 bits per heavy atom. The molecule has 0 aliphatic rings. The number of aromatic nitrogens is 1. The number of hydrogen-bond donors (Lipinski definition) is 0. The number of carbonyl (C=O) groups is 1. The van der Waals surface area contributed by atoms with Gasteiger partial charge in [-0.25, -0.2) is 4.98 Å².